The molecular formula is C9H12N2. The van der Waals surface area contributed by atoms with E-state index in [1.54, 1.807) is 0 Å². The van der Waals surface area contributed by atoms with Crippen LogP contribution in [0.3, 0.4) is 0 Å². The predicted molar refractivity (Wildman–Crippen MR) is 46.4 cm³/mol. The summed E-state index contributed by atoms with van der Waals surface area (Å²) in [6.45, 7) is 7.28. The summed E-state index contributed by atoms with van der Waals surface area (Å²) in [5.41, 5.74) is 2.15. The van der Waals surface area contributed by atoms with Crippen molar-refractivity contribution in [1.29, 1.82) is 0 Å². The lowest BCUT2D eigenvalue weighted by Crippen LogP contribution is -1.78. The Balaban J connectivity index is 2.64. The molecular weight excluding hydrogens is 136 g/mol. The SMILES string of the molecule is C=CCc1cc(CC=C)[nH]n1. The van der Waals surface area contributed by atoms with Crippen LogP contribution in [0.4, 0.5) is 0 Å². The van der Waals surface area contributed by atoms with Crippen molar-refractivity contribution in [3.8, 4) is 0 Å². The van der Waals surface area contributed by atoms with E-state index in [1.807, 2.05) is 18.2 Å². The first-order valence-corrected chi connectivity index (χ1v) is 3.61. The Labute approximate surface area is 66.6 Å². The van der Waals surface area contributed by atoms with Gasteiger partial charge in [-0.1, -0.05) is 12.2 Å². The van der Waals surface area contributed by atoms with E-state index < -0.39 is 0 Å². The van der Waals surface area contributed by atoms with Gasteiger partial charge in [0.05, 0.1) is 5.69 Å². The van der Waals surface area contributed by atoms with Gasteiger partial charge in [0.15, 0.2) is 0 Å². The van der Waals surface area contributed by atoms with Gasteiger partial charge in [0.2, 0.25) is 0 Å². The van der Waals surface area contributed by atoms with Gasteiger partial charge >= 0.3 is 0 Å². The molecule has 0 radical (unpaired) electrons. The van der Waals surface area contributed by atoms with Crippen LogP contribution in [0.2, 0.25) is 0 Å². The number of nitrogens with one attached hydrogen (secondary N) is 1. The second-order valence-corrected chi connectivity index (χ2v) is 2.37. The van der Waals surface area contributed by atoms with Crippen LogP contribution in [-0.2, 0) is 12.8 Å². The van der Waals surface area contributed by atoms with Crippen LogP contribution in [-0.4, -0.2) is 10.2 Å². The summed E-state index contributed by atoms with van der Waals surface area (Å²) in [6.07, 6.45) is 5.37. The third-order valence-electron chi connectivity index (χ3n) is 1.40. The fourth-order valence-corrected chi connectivity index (χ4v) is 0.922. The van der Waals surface area contributed by atoms with Crippen LogP contribution in [0.5, 0.6) is 0 Å². The second kappa shape index (κ2) is 3.76. The van der Waals surface area contributed by atoms with E-state index in [2.05, 4.69) is 23.4 Å². The normalized spacial score (nSPS) is 9.45. The minimum absolute atomic E-state index is 0.827. The molecule has 0 bridgehead atoms. The maximum atomic E-state index is 4.08. The molecule has 2 heteroatoms. The van der Waals surface area contributed by atoms with E-state index in [0.29, 0.717) is 0 Å². The molecule has 0 aliphatic heterocycles. The van der Waals surface area contributed by atoms with E-state index in [-0.39, 0.29) is 0 Å². The van der Waals surface area contributed by atoms with E-state index in [0.717, 1.165) is 24.2 Å². The van der Waals surface area contributed by atoms with E-state index in [4.69, 9.17) is 0 Å². The molecule has 0 atom stereocenters. The van der Waals surface area contributed by atoms with Crippen LogP contribution >= 0.6 is 0 Å². The molecule has 1 aromatic heterocycles. The van der Waals surface area contributed by atoms with E-state index in [9.17, 15) is 0 Å². The number of H-pyrrole nitrogens is 1. The van der Waals surface area contributed by atoms with Crippen LogP contribution in [0, 0.1) is 0 Å². The summed E-state index contributed by atoms with van der Waals surface area (Å²) in [6, 6.07) is 2.03. The monoisotopic (exact) mass is 148 g/mol. The van der Waals surface area contributed by atoms with Crippen LogP contribution in [0.15, 0.2) is 31.4 Å². The zero-order chi connectivity index (χ0) is 8.10. The van der Waals surface area contributed by atoms with Gasteiger partial charge in [-0.2, -0.15) is 5.10 Å². The van der Waals surface area contributed by atoms with Crippen molar-refractivity contribution in [2.45, 2.75) is 12.8 Å². The Hall–Kier alpha value is -1.31. The largest absolute Gasteiger partial charge is 0.282 e. The van der Waals surface area contributed by atoms with Crippen molar-refractivity contribution in [2.24, 2.45) is 0 Å². The fraction of sp³-hybridized carbons (Fsp3) is 0.222. The first kappa shape index (κ1) is 7.79. The lowest BCUT2D eigenvalue weighted by atomic mass is 10.2. The zero-order valence-electron chi connectivity index (χ0n) is 6.51. The van der Waals surface area contributed by atoms with Gasteiger partial charge in [-0.3, -0.25) is 5.10 Å². The average molecular weight is 148 g/mol. The highest BCUT2D eigenvalue weighted by Crippen LogP contribution is 2.01. The molecule has 2 nitrogen and oxygen atoms in total. The minimum atomic E-state index is 0.827. The number of allylic oxidation sites excluding steroid dienone is 2. The van der Waals surface area contributed by atoms with Crippen molar-refractivity contribution in [2.75, 3.05) is 0 Å². The van der Waals surface area contributed by atoms with E-state index >= 15 is 0 Å². The predicted octanol–water partition coefficient (Wildman–Crippen LogP) is 1.87. The standard InChI is InChI=1S/C9H12N2/c1-3-5-8-7-9(6-4-2)11-10-8/h3-4,7H,1-2,5-6H2,(H,10,11). The minimum Gasteiger partial charge on any atom is -0.282 e. The van der Waals surface area contributed by atoms with Gasteiger partial charge in [-0.05, 0) is 6.07 Å². The van der Waals surface area contributed by atoms with Gasteiger partial charge in [-0.25, -0.2) is 0 Å². The van der Waals surface area contributed by atoms with Crippen molar-refractivity contribution in [3.05, 3.63) is 42.8 Å². The van der Waals surface area contributed by atoms with Gasteiger partial charge in [0.25, 0.3) is 0 Å². The first-order chi connectivity index (χ1) is 5.36. The highest BCUT2D eigenvalue weighted by atomic mass is 15.1. The number of nitrogens with zero attached hydrogens (tertiary/aromatic N) is 1. The molecule has 0 aromatic carbocycles. The number of aromatic nitrogens is 2. The Morgan fingerprint density at radius 3 is 2.73 bits per heavy atom. The molecule has 0 fully saturated rings. The van der Waals surface area contributed by atoms with Gasteiger partial charge in [0.1, 0.15) is 0 Å². The number of hydrogen-bond acceptors (Lipinski definition) is 1. The highest BCUT2D eigenvalue weighted by Gasteiger charge is 1.95. The Kier molecular flexibility index (Phi) is 2.66. The topological polar surface area (TPSA) is 28.7 Å². The summed E-state index contributed by atoms with van der Waals surface area (Å²) in [5, 5.41) is 7.00. The number of aromatic amines is 1. The lowest BCUT2D eigenvalue weighted by molar-refractivity contribution is 0.974. The molecule has 0 aliphatic rings. The maximum absolute atomic E-state index is 4.08. The van der Waals surface area contributed by atoms with Crippen molar-refractivity contribution in [1.82, 2.24) is 10.2 Å². The van der Waals surface area contributed by atoms with Crippen LogP contribution in [0.25, 0.3) is 0 Å². The molecule has 1 rings (SSSR count). The third kappa shape index (κ3) is 2.08. The summed E-state index contributed by atoms with van der Waals surface area (Å²) < 4.78 is 0. The summed E-state index contributed by atoms with van der Waals surface area (Å²) >= 11 is 0. The molecule has 1 N–H and O–H groups in total. The molecule has 0 spiro atoms. The quantitative estimate of drug-likeness (QED) is 0.649. The summed E-state index contributed by atoms with van der Waals surface area (Å²) in [7, 11) is 0. The Morgan fingerprint density at radius 1 is 1.36 bits per heavy atom. The Morgan fingerprint density at radius 2 is 2.09 bits per heavy atom. The molecule has 0 aliphatic carbocycles. The van der Waals surface area contributed by atoms with Crippen LogP contribution < -0.4 is 0 Å². The first-order valence-electron chi connectivity index (χ1n) is 3.61. The molecule has 58 valence electrons. The summed E-state index contributed by atoms with van der Waals surface area (Å²) in [4.78, 5) is 0. The average Bonchev–Trinajstić information content (AvgIpc) is 2.38. The Bertz CT molecular complexity index is 223. The maximum Gasteiger partial charge on any atom is 0.0662 e. The van der Waals surface area contributed by atoms with Crippen molar-refractivity contribution >= 4 is 0 Å². The number of hydrogen-bond donors (Lipinski definition) is 1. The molecule has 1 heterocycles. The molecule has 0 saturated heterocycles. The number of rotatable bonds is 4. The lowest BCUT2D eigenvalue weighted by Gasteiger charge is -1.83. The highest BCUT2D eigenvalue weighted by molar-refractivity contribution is 5.12. The summed E-state index contributed by atoms with van der Waals surface area (Å²) in [5.74, 6) is 0. The van der Waals surface area contributed by atoms with Crippen molar-refractivity contribution < 1.29 is 0 Å². The van der Waals surface area contributed by atoms with Gasteiger partial charge in [0, 0.05) is 18.5 Å². The third-order valence-corrected chi connectivity index (χ3v) is 1.40. The molecule has 0 amide bonds. The van der Waals surface area contributed by atoms with E-state index in [1.165, 1.54) is 0 Å². The molecule has 11 heavy (non-hydrogen) atoms. The second-order valence-electron chi connectivity index (χ2n) is 2.37. The van der Waals surface area contributed by atoms with Gasteiger partial charge in [-0.15, -0.1) is 13.2 Å². The van der Waals surface area contributed by atoms with Crippen LogP contribution in [0.1, 0.15) is 11.4 Å². The fourth-order valence-electron chi connectivity index (χ4n) is 0.922. The zero-order valence-corrected chi connectivity index (χ0v) is 6.51. The smallest absolute Gasteiger partial charge is 0.0662 e. The van der Waals surface area contributed by atoms with Crippen molar-refractivity contribution in [3.63, 3.8) is 0 Å². The van der Waals surface area contributed by atoms with Gasteiger partial charge < -0.3 is 0 Å². The molecule has 0 saturated carbocycles. The molecule has 0 unspecified atom stereocenters. The molecule has 1 aromatic rings.